The van der Waals surface area contributed by atoms with Crippen LogP contribution in [-0.4, -0.2) is 6.61 Å². The Bertz CT molecular complexity index is 641. The van der Waals surface area contributed by atoms with Gasteiger partial charge in [0.05, 0.1) is 0 Å². The minimum atomic E-state index is -0.580. The molecule has 0 N–H and O–H groups in total. The summed E-state index contributed by atoms with van der Waals surface area (Å²) < 4.78 is 34.0. The lowest BCUT2D eigenvalue weighted by Crippen LogP contribution is -2.30. The summed E-state index contributed by atoms with van der Waals surface area (Å²) in [7, 11) is 0. The first kappa shape index (κ1) is 19.1. The Labute approximate surface area is 156 Å². The van der Waals surface area contributed by atoms with Gasteiger partial charge in [0.15, 0.2) is 17.4 Å². The smallest absolute Gasteiger partial charge is 0.191 e. The Morgan fingerprint density at radius 1 is 0.962 bits per heavy atom. The van der Waals surface area contributed by atoms with Crippen molar-refractivity contribution >= 4 is 0 Å². The molecule has 0 aliphatic heterocycles. The van der Waals surface area contributed by atoms with Gasteiger partial charge in [-0.15, -0.1) is 0 Å². The summed E-state index contributed by atoms with van der Waals surface area (Å²) in [6.45, 7) is 4.13. The first-order valence-electron chi connectivity index (χ1n) is 9.98. The highest BCUT2D eigenvalue weighted by Crippen LogP contribution is 2.48. The van der Waals surface area contributed by atoms with Gasteiger partial charge in [-0.3, -0.25) is 0 Å². The van der Waals surface area contributed by atoms with E-state index in [0.717, 1.165) is 30.2 Å². The lowest BCUT2D eigenvalue weighted by molar-refractivity contribution is 0.133. The van der Waals surface area contributed by atoms with Crippen LogP contribution in [0.15, 0.2) is 36.4 Å². The molecule has 0 spiro atoms. The van der Waals surface area contributed by atoms with Gasteiger partial charge in [0.2, 0.25) is 0 Å². The normalized spacial score (nSPS) is 29.2. The largest absolute Gasteiger partial charge is 0.483 e. The van der Waals surface area contributed by atoms with E-state index in [2.05, 4.69) is 19.1 Å². The molecule has 0 aromatic heterocycles. The van der Waals surface area contributed by atoms with Gasteiger partial charge in [0.1, 0.15) is 6.61 Å². The van der Waals surface area contributed by atoms with Crippen LogP contribution in [0, 0.1) is 29.4 Å². The molecule has 142 valence electrons. The van der Waals surface area contributed by atoms with E-state index in [1.807, 2.05) is 6.92 Å². The first-order valence-corrected chi connectivity index (χ1v) is 9.98. The molecule has 2 saturated carbocycles. The van der Waals surface area contributed by atoms with E-state index in [4.69, 9.17) is 4.74 Å². The van der Waals surface area contributed by atoms with Crippen LogP contribution < -0.4 is 4.74 Å². The molecule has 3 heteroatoms. The van der Waals surface area contributed by atoms with Crippen molar-refractivity contribution < 1.29 is 13.5 Å². The molecule has 2 aliphatic rings. The summed E-state index contributed by atoms with van der Waals surface area (Å²) in [5.41, 5.74) is 0.799. The van der Waals surface area contributed by atoms with Gasteiger partial charge >= 0.3 is 0 Å². The summed E-state index contributed by atoms with van der Waals surface area (Å²) in [6, 6.07) is 2.98. The topological polar surface area (TPSA) is 9.23 Å². The molecule has 1 aromatic carbocycles. The Balaban J connectivity index is 1.67. The fourth-order valence-electron chi connectivity index (χ4n) is 4.86. The minimum Gasteiger partial charge on any atom is -0.483 e. The van der Waals surface area contributed by atoms with Crippen molar-refractivity contribution in [1.29, 1.82) is 0 Å². The van der Waals surface area contributed by atoms with Crippen LogP contribution in [0.25, 0.3) is 0 Å². The number of benzene rings is 1. The molecule has 4 unspecified atom stereocenters. The fraction of sp³-hybridized carbons (Fsp3) is 0.565. The average molecular weight is 360 g/mol. The third-order valence-corrected chi connectivity index (χ3v) is 6.17. The standard InChI is InChI=1S/C23H30F2O/c1-3-5-11-26-23-21(24)14-20(15-22(23)25)19-10-9-17-12-16(6-4-2)7-8-18(17)13-19/h3-6,14-19H,7-13H2,1-2H3. The van der Waals surface area contributed by atoms with E-state index in [0.29, 0.717) is 5.92 Å². The molecular weight excluding hydrogens is 330 g/mol. The zero-order chi connectivity index (χ0) is 18.5. The number of rotatable bonds is 5. The van der Waals surface area contributed by atoms with Crippen molar-refractivity contribution in [1.82, 2.24) is 0 Å². The first-order chi connectivity index (χ1) is 12.6. The molecular formula is C23H30F2O. The number of hydrogen-bond donors (Lipinski definition) is 0. The average Bonchev–Trinajstić information content (AvgIpc) is 2.63. The molecule has 4 atom stereocenters. The summed E-state index contributed by atoms with van der Waals surface area (Å²) in [6.07, 6.45) is 15.1. The van der Waals surface area contributed by atoms with Crippen molar-refractivity contribution in [2.75, 3.05) is 6.61 Å². The Morgan fingerprint density at radius 3 is 2.35 bits per heavy atom. The van der Waals surface area contributed by atoms with Crippen molar-refractivity contribution in [3.8, 4) is 5.75 Å². The lowest BCUT2D eigenvalue weighted by Gasteiger charge is -2.41. The predicted molar refractivity (Wildman–Crippen MR) is 102 cm³/mol. The van der Waals surface area contributed by atoms with E-state index < -0.39 is 11.6 Å². The van der Waals surface area contributed by atoms with Crippen molar-refractivity contribution in [2.24, 2.45) is 17.8 Å². The zero-order valence-corrected chi connectivity index (χ0v) is 15.9. The maximum Gasteiger partial charge on any atom is 0.191 e. The summed E-state index contributed by atoms with van der Waals surface area (Å²) in [5, 5.41) is 0. The van der Waals surface area contributed by atoms with Crippen LogP contribution in [-0.2, 0) is 0 Å². The number of fused-ring (bicyclic) bond motifs is 1. The SMILES string of the molecule is CC=CCOc1c(F)cc(C2CCC3CC(C=CC)CCC3C2)cc1F. The third kappa shape index (κ3) is 4.36. The third-order valence-electron chi connectivity index (χ3n) is 6.17. The van der Waals surface area contributed by atoms with Crippen LogP contribution in [0.5, 0.6) is 5.75 Å². The monoisotopic (exact) mass is 360 g/mol. The van der Waals surface area contributed by atoms with Gasteiger partial charge in [0.25, 0.3) is 0 Å². The molecule has 0 amide bonds. The number of allylic oxidation sites excluding steroid dienone is 3. The fourth-order valence-corrected chi connectivity index (χ4v) is 4.86. The van der Waals surface area contributed by atoms with Crippen molar-refractivity contribution in [2.45, 2.75) is 58.3 Å². The minimum absolute atomic E-state index is 0.185. The molecule has 0 radical (unpaired) electrons. The quantitative estimate of drug-likeness (QED) is 0.525. The maximum absolute atomic E-state index is 14.4. The molecule has 1 aromatic rings. The van der Waals surface area contributed by atoms with Gasteiger partial charge in [-0.05, 0) is 93.7 Å². The molecule has 0 heterocycles. The van der Waals surface area contributed by atoms with Gasteiger partial charge < -0.3 is 4.74 Å². The van der Waals surface area contributed by atoms with Gasteiger partial charge in [-0.2, -0.15) is 0 Å². The Morgan fingerprint density at radius 2 is 1.65 bits per heavy atom. The van der Waals surface area contributed by atoms with Crippen LogP contribution in [0.4, 0.5) is 8.78 Å². The molecule has 0 saturated heterocycles. The molecule has 1 nitrogen and oxygen atoms in total. The van der Waals surface area contributed by atoms with Crippen LogP contribution in [0.2, 0.25) is 0 Å². The Kier molecular flexibility index (Phi) is 6.50. The second kappa shape index (κ2) is 8.83. The highest BCUT2D eigenvalue weighted by molar-refractivity contribution is 5.33. The van der Waals surface area contributed by atoms with E-state index in [1.165, 1.54) is 37.8 Å². The molecule has 26 heavy (non-hydrogen) atoms. The Hall–Kier alpha value is -1.64. The highest BCUT2D eigenvalue weighted by atomic mass is 19.1. The number of hydrogen-bond acceptors (Lipinski definition) is 1. The second-order valence-electron chi connectivity index (χ2n) is 7.82. The highest BCUT2D eigenvalue weighted by Gasteiger charge is 2.35. The zero-order valence-electron chi connectivity index (χ0n) is 15.9. The molecule has 2 fully saturated rings. The second-order valence-corrected chi connectivity index (χ2v) is 7.82. The van der Waals surface area contributed by atoms with Gasteiger partial charge in [0, 0.05) is 0 Å². The van der Waals surface area contributed by atoms with E-state index in [9.17, 15) is 8.78 Å². The number of ether oxygens (including phenoxy) is 1. The van der Waals surface area contributed by atoms with Crippen LogP contribution >= 0.6 is 0 Å². The van der Waals surface area contributed by atoms with E-state index in [-0.39, 0.29) is 18.3 Å². The maximum atomic E-state index is 14.4. The van der Waals surface area contributed by atoms with Crippen molar-refractivity contribution in [3.05, 3.63) is 53.6 Å². The summed E-state index contributed by atoms with van der Waals surface area (Å²) >= 11 is 0. The van der Waals surface area contributed by atoms with Crippen LogP contribution in [0.1, 0.15) is 63.9 Å². The van der Waals surface area contributed by atoms with E-state index in [1.54, 1.807) is 12.2 Å². The van der Waals surface area contributed by atoms with Crippen LogP contribution in [0.3, 0.4) is 0 Å². The molecule has 3 rings (SSSR count). The summed E-state index contributed by atoms with van der Waals surface area (Å²) in [4.78, 5) is 0. The lowest BCUT2D eigenvalue weighted by atomic mass is 9.64. The molecule has 2 aliphatic carbocycles. The predicted octanol–water partition coefficient (Wildman–Crippen LogP) is 6.80. The van der Waals surface area contributed by atoms with Gasteiger partial charge in [-0.1, -0.05) is 24.3 Å². The van der Waals surface area contributed by atoms with Crippen molar-refractivity contribution in [3.63, 3.8) is 0 Å². The summed E-state index contributed by atoms with van der Waals surface area (Å²) in [5.74, 6) is 1.05. The van der Waals surface area contributed by atoms with E-state index >= 15 is 0 Å². The number of halogens is 2. The van der Waals surface area contributed by atoms with Gasteiger partial charge in [-0.25, -0.2) is 8.78 Å². The molecule has 0 bridgehead atoms.